The van der Waals surface area contributed by atoms with E-state index in [1.807, 2.05) is 0 Å². The first-order valence-electron chi connectivity index (χ1n) is 8.05. The summed E-state index contributed by atoms with van der Waals surface area (Å²) in [5.74, 6) is -4.98. The van der Waals surface area contributed by atoms with Gasteiger partial charge in [-0.3, -0.25) is 9.59 Å². The smallest absolute Gasteiger partial charge is 0.237 e. The van der Waals surface area contributed by atoms with Gasteiger partial charge >= 0.3 is 0 Å². The van der Waals surface area contributed by atoms with Gasteiger partial charge in [0.15, 0.2) is 0 Å². The molecule has 1 saturated heterocycles. The van der Waals surface area contributed by atoms with Crippen LogP contribution in [0.1, 0.15) is 17.0 Å². The molecule has 0 spiro atoms. The largest absolute Gasteiger partial charge is 0.344 e. The SMILES string of the molecule is Cc1c(F)cccc1NC(=O)[C@H]1C(=O)N(C)C[C@@H]1c1cc(F)cc(F)c1. The third-order valence-electron chi connectivity index (χ3n) is 4.64. The molecule has 2 aromatic carbocycles. The van der Waals surface area contributed by atoms with Crippen molar-refractivity contribution in [3.63, 3.8) is 0 Å². The van der Waals surface area contributed by atoms with Crippen molar-refractivity contribution in [1.29, 1.82) is 0 Å². The molecule has 1 heterocycles. The summed E-state index contributed by atoms with van der Waals surface area (Å²) in [4.78, 5) is 26.5. The highest BCUT2D eigenvalue weighted by Gasteiger charge is 2.44. The van der Waals surface area contributed by atoms with E-state index in [0.717, 1.165) is 18.2 Å². The molecule has 0 bridgehead atoms. The maximum Gasteiger partial charge on any atom is 0.237 e. The van der Waals surface area contributed by atoms with Crippen LogP contribution < -0.4 is 5.32 Å². The van der Waals surface area contributed by atoms with E-state index in [9.17, 15) is 22.8 Å². The molecule has 0 saturated carbocycles. The van der Waals surface area contributed by atoms with Crippen LogP contribution in [-0.2, 0) is 9.59 Å². The number of hydrogen-bond acceptors (Lipinski definition) is 2. The molecule has 26 heavy (non-hydrogen) atoms. The Morgan fingerprint density at radius 1 is 1.15 bits per heavy atom. The lowest BCUT2D eigenvalue weighted by molar-refractivity contribution is -0.135. The number of carbonyl (C=O) groups is 2. The normalized spacial score (nSPS) is 19.7. The van der Waals surface area contributed by atoms with Gasteiger partial charge in [-0.15, -0.1) is 0 Å². The second-order valence-corrected chi connectivity index (χ2v) is 6.41. The van der Waals surface area contributed by atoms with Gasteiger partial charge in [0, 0.05) is 36.8 Å². The summed E-state index contributed by atoms with van der Waals surface area (Å²) in [7, 11) is 1.52. The van der Waals surface area contributed by atoms with Gasteiger partial charge in [0.1, 0.15) is 23.4 Å². The highest BCUT2D eigenvalue weighted by molar-refractivity contribution is 6.08. The fourth-order valence-corrected chi connectivity index (χ4v) is 3.24. The molecule has 136 valence electrons. The Hall–Kier alpha value is -2.83. The molecule has 1 fully saturated rings. The standard InChI is InChI=1S/C19H17F3N2O2/c1-10-15(22)4-3-5-16(10)23-18(25)17-14(9-24(2)19(17)26)11-6-12(20)8-13(21)7-11/h3-8,14,17H,9H2,1-2H3,(H,23,25)/t14-,17+/m1/s1. The van der Waals surface area contributed by atoms with Gasteiger partial charge in [-0.2, -0.15) is 0 Å². The fraction of sp³-hybridized carbons (Fsp3) is 0.263. The third-order valence-corrected chi connectivity index (χ3v) is 4.64. The number of rotatable bonds is 3. The van der Waals surface area contributed by atoms with Crippen LogP contribution in [0, 0.1) is 30.3 Å². The fourth-order valence-electron chi connectivity index (χ4n) is 3.24. The van der Waals surface area contributed by atoms with Gasteiger partial charge < -0.3 is 10.2 Å². The number of likely N-dealkylation sites (N-methyl/N-ethyl adjacent to an activating group) is 1. The number of benzene rings is 2. The highest BCUT2D eigenvalue weighted by Crippen LogP contribution is 2.35. The van der Waals surface area contributed by atoms with Gasteiger partial charge in [-0.05, 0) is 36.8 Å². The predicted octanol–water partition coefficient (Wildman–Crippen LogP) is 3.22. The number of hydrogen-bond donors (Lipinski definition) is 1. The van der Waals surface area contributed by atoms with Crippen LogP contribution in [0.5, 0.6) is 0 Å². The summed E-state index contributed by atoms with van der Waals surface area (Å²) in [6, 6.07) is 7.20. The van der Waals surface area contributed by atoms with E-state index in [-0.39, 0.29) is 23.4 Å². The van der Waals surface area contributed by atoms with Gasteiger partial charge in [-0.1, -0.05) is 6.07 Å². The van der Waals surface area contributed by atoms with E-state index >= 15 is 0 Å². The number of likely N-dealkylation sites (tertiary alicyclic amines) is 1. The number of nitrogens with one attached hydrogen (secondary N) is 1. The average Bonchev–Trinajstić information content (AvgIpc) is 2.86. The maximum absolute atomic E-state index is 13.7. The molecule has 4 nitrogen and oxygen atoms in total. The number of nitrogens with zero attached hydrogens (tertiary/aromatic N) is 1. The Labute approximate surface area is 148 Å². The average molecular weight is 362 g/mol. The first kappa shape index (κ1) is 18.0. The van der Waals surface area contributed by atoms with Crippen LogP contribution in [0.25, 0.3) is 0 Å². The number of carbonyl (C=O) groups excluding carboxylic acids is 2. The molecule has 3 rings (SSSR count). The van der Waals surface area contributed by atoms with Gasteiger partial charge in [0.05, 0.1) is 0 Å². The molecule has 1 aliphatic rings. The summed E-state index contributed by atoms with van der Waals surface area (Å²) in [5.41, 5.74) is 0.728. The number of halogens is 3. The quantitative estimate of drug-likeness (QED) is 0.853. The van der Waals surface area contributed by atoms with Crippen LogP contribution in [0.4, 0.5) is 18.9 Å². The second-order valence-electron chi connectivity index (χ2n) is 6.41. The van der Waals surface area contributed by atoms with E-state index in [4.69, 9.17) is 0 Å². The van der Waals surface area contributed by atoms with Crippen LogP contribution in [0.2, 0.25) is 0 Å². The van der Waals surface area contributed by atoms with E-state index in [2.05, 4.69) is 5.32 Å². The minimum atomic E-state index is -1.15. The summed E-state index contributed by atoms with van der Waals surface area (Å²) in [5, 5.41) is 2.56. The third kappa shape index (κ3) is 3.29. The van der Waals surface area contributed by atoms with E-state index in [1.54, 1.807) is 0 Å². The Balaban J connectivity index is 1.93. The lowest BCUT2D eigenvalue weighted by Crippen LogP contribution is -2.33. The van der Waals surface area contributed by atoms with Crippen molar-refractivity contribution in [3.05, 3.63) is 65.0 Å². The zero-order chi connectivity index (χ0) is 19.0. The summed E-state index contributed by atoms with van der Waals surface area (Å²) in [6.45, 7) is 1.66. The molecule has 0 aromatic heterocycles. The zero-order valence-electron chi connectivity index (χ0n) is 14.2. The van der Waals surface area contributed by atoms with Crippen molar-refractivity contribution >= 4 is 17.5 Å². The minimum Gasteiger partial charge on any atom is -0.344 e. The first-order valence-corrected chi connectivity index (χ1v) is 8.05. The molecule has 1 aliphatic heterocycles. The van der Waals surface area contributed by atoms with E-state index in [0.29, 0.717) is 0 Å². The van der Waals surface area contributed by atoms with E-state index in [1.165, 1.54) is 37.1 Å². The molecule has 0 aliphatic carbocycles. The van der Waals surface area contributed by atoms with Crippen LogP contribution in [0.3, 0.4) is 0 Å². The Bertz CT molecular complexity index is 865. The van der Waals surface area contributed by atoms with Crippen molar-refractivity contribution in [3.8, 4) is 0 Å². The molecule has 7 heteroatoms. The number of amides is 2. The molecule has 2 aromatic rings. The van der Waals surface area contributed by atoms with Crippen molar-refractivity contribution < 1.29 is 22.8 Å². The summed E-state index contributed by atoms with van der Waals surface area (Å²) < 4.78 is 40.8. The molecule has 0 unspecified atom stereocenters. The molecule has 1 N–H and O–H groups in total. The van der Waals surface area contributed by atoms with Gasteiger partial charge in [-0.25, -0.2) is 13.2 Å². The van der Waals surface area contributed by atoms with Crippen molar-refractivity contribution in [2.45, 2.75) is 12.8 Å². The minimum absolute atomic E-state index is 0.155. The predicted molar refractivity (Wildman–Crippen MR) is 90.0 cm³/mol. The molecule has 0 radical (unpaired) electrons. The molecular formula is C19H17F3N2O2. The number of anilines is 1. The Kier molecular flexibility index (Phi) is 4.71. The first-order chi connectivity index (χ1) is 12.3. The van der Waals surface area contributed by atoms with Crippen LogP contribution in [0.15, 0.2) is 36.4 Å². The van der Waals surface area contributed by atoms with E-state index < -0.39 is 41.1 Å². The summed E-state index contributed by atoms with van der Waals surface area (Å²) in [6.07, 6.45) is 0. The highest BCUT2D eigenvalue weighted by atomic mass is 19.1. The molecular weight excluding hydrogens is 345 g/mol. The van der Waals surface area contributed by atoms with Crippen molar-refractivity contribution in [1.82, 2.24) is 4.90 Å². The van der Waals surface area contributed by atoms with Crippen molar-refractivity contribution in [2.24, 2.45) is 5.92 Å². The van der Waals surface area contributed by atoms with Crippen LogP contribution >= 0.6 is 0 Å². The van der Waals surface area contributed by atoms with Crippen molar-refractivity contribution in [2.75, 3.05) is 18.9 Å². The lowest BCUT2D eigenvalue weighted by atomic mass is 9.87. The lowest BCUT2D eigenvalue weighted by Gasteiger charge is -2.18. The topological polar surface area (TPSA) is 49.4 Å². The molecule has 2 amide bonds. The Morgan fingerprint density at radius 2 is 1.81 bits per heavy atom. The van der Waals surface area contributed by atoms with Gasteiger partial charge in [0.2, 0.25) is 11.8 Å². The zero-order valence-corrected chi connectivity index (χ0v) is 14.2. The molecule has 2 atom stereocenters. The Morgan fingerprint density at radius 3 is 2.46 bits per heavy atom. The maximum atomic E-state index is 13.7. The monoisotopic (exact) mass is 362 g/mol. The summed E-state index contributed by atoms with van der Waals surface area (Å²) >= 11 is 0. The van der Waals surface area contributed by atoms with Gasteiger partial charge in [0.25, 0.3) is 0 Å². The van der Waals surface area contributed by atoms with Crippen LogP contribution in [-0.4, -0.2) is 30.3 Å². The second kappa shape index (κ2) is 6.82.